The van der Waals surface area contributed by atoms with Crippen molar-refractivity contribution in [3.05, 3.63) is 0 Å². The first-order chi connectivity index (χ1) is 7.17. The molecule has 5 heteroatoms. The molecular formula is C11H24N2O3. The van der Waals surface area contributed by atoms with E-state index in [0.717, 1.165) is 0 Å². The molecule has 1 amide bonds. The van der Waals surface area contributed by atoms with Crippen LogP contribution in [0, 0.1) is 5.92 Å². The van der Waals surface area contributed by atoms with Gasteiger partial charge in [-0.25, -0.2) is 4.79 Å². The van der Waals surface area contributed by atoms with Crippen molar-refractivity contribution < 1.29 is 14.6 Å². The first-order valence-corrected chi connectivity index (χ1v) is 5.53. The number of carbonyl (C=O) groups excluding carboxylic acids is 1. The minimum atomic E-state index is -0.533. The molecule has 5 nitrogen and oxygen atoms in total. The summed E-state index contributed by atoms with van der Waals surface area (Å²) in [5.41, 5.74) is 5.18. The van der Waals surface area contributed by atoms with Gasteiger partial charge in [0.1, 0.15) is 5.60 Å². The Morgan fingerprint density at radius 2 is 1.94 bits per heavy atom. The standard InChI is InChI=1S/C11H24N2O3/c1-7(2)9(8(12)6-14)13-10(15)16-11(3,4)5/h7-9,14H,6,12H2,1-5H3,(H,13,15). The van der Waals surface area contributed by atoms with E-state index in [9.17, 15) is 4.79 Å². The second kappa shape index (κ2) is 6.06. The molecule has 0 heterocycles. The Kier molecular flexibility index (Phi) is 5.75. The Bertz CT molecular complexity index is 224. The van der Waals surface area contributed by atoms with Gasteiger partial charge in [-0.3, -0.25) is 0 Å². The number of hydrogen-bond acceptors (Lipinski definition) is 4. The van der Waals surface area contributed by atoms with E-state index in [1.165, 1.54) is 0 Å². The van der Waals surface area contributed by atoms with Crippen molar-refractivity contribution in [2.24, 2.45) is 11.7 Å². The van der Waals surface area contributed by atoms with Crippen molar-refractivity contribution in [3.63, 3.8) is 0 Å². The third-order valence-corrected chi connectivity index (χ3v) is 2.07. The lowest BCUT2D eigenvalue weighted by atomic mass is 9.98. The molecule has 0 radical (unpaired) electrons. The smallest absolute Gasteiger partial charge is 0.407 e. The highest BCUT2D eigenvalue weighted by Gasteiger charge is 2.25. The van der Waals surface area contributed by atoms with E-state index < -0.39 is 17.7 Å². The third kappa shape index (κ3) is 5.92. The first kappa shape index (κ1) is 15.2. The second-order valence-electron chi connectivity index (χ2n) is 5.26. The summed E-state index contributed by atoms with van der Waals surface area (Å²) in [5, 5.41) is 11.7. The van der Waals surface area contributed by atoms with Gasteiger partial charge in [-0.15, -0.1) is 0 Å². The Balaban J connectivity index is 4.36. The van der Waals surface area contributed by atoms with Crippen LogP contribution in [0.4, 0.5) is 4.79 Å². The Morgan fingerprint density at radius 3 is 2.25 bits per heavy atom. The molecule has 0 aromatic heterocycles. The van der Waals surface area contributed by atoms with Crippen molar-refractivity contribution >= 4 is 6.09 Å². The maximum absolute atomic E-state index is 11.5. The SMILES string of the molecule is CC(C)C(NC(=O)OC(C)(C)C)C(N)CO. The average Bonchev–Trinajstić information content (AvgIpc) is 2.09. The van der Waals surface area contributed by atoms with E-state index >= 15 is 0 Å². The quantitative estimate of drug-likeness (QED) is 0.671. The topological polar surface area (TPSA) is 84.6 Å². The van der Waals surface area contributed by atoms with Crippen molar-refractivity contribution in [1.82, 2.24) is 5.32 Å². The fourth-order valence-electron chi connectivity index (χ4n) is 1.33. The minimum Gasteiger partial charge on any atom is -0.444 e. The van der Waals surface area contributed by atoms with Gasteiger partial charge in [-0.05, 0) is 26.7 Å². The summed E-state index contributed by atoms with van der Waals surface area (Å²) in [6.45, 7) is 9.07. The number of nitrogens with two attached hydrogens (primary N) is 1. The Hall–Kier alpha value is -0.810. The summed E-state index contributed by atoms with van der Waals surface area (Å²) >= 11 is 0. The molecule has 0 aliphatic carbocycles. The first-order valence-electron chi connectivity index (χ1n) is 5.53. The summed E-state index contributed by atoms with van der Waals surface area (Å²) in [7, 11) is 0. The predicted molar refractivity (Wildman–Crippen MR) is 63.1 cm³/mol. The number of aliphatic hydroxyl groups is 1. The predicted octanol–water partition coefficient (Wildman–Crippen LogP) is 0.855. The van der Waals surface area contributed by atoms with Crippen LogP contribution in [0.15, 0.2) is 0 Å². The normalized spacial score (nSPS) is 15.8. The lowest BCUT2D eigenvalue weighted by Gasteiger charge is -2.28. The van der Waals surface area contributed by atoms with Crippen molar-refractivity contribution in [2.45, 2.75) is 52.3 Å². The molecule has 0 bridgehead atoms. The molecule has 0 spiro atoms. The summed E-state index contributed by atoms with van der Waals surface area (Å²) in [5.74, 6) is 0.134. The molecule has 0 rings (SSSR count). The lowest BCUT2D eigenvalue weighted by Crippen LogP contribution is -2.53. The van der Waals surface area contributed by atoms with Gasteiger partial charge >= 0.3 is 6.09 Å². The molecule has 0 fully saturated rings. The highest BCUT2D eigenvalue weighted by Crippen LogP contribution is 2.09. The van der Waals surface area contributed by atoms with E-state index in [0.29, 0.717) is 0 Å². The van der Waals surface area contributed by atoms with Crippen LogP contribution in [0.25, 0.3) is 0 Å². The van der Waals surface area contributed by atoms with Gasteiger partial charge in [0.05, 0.1) is 12.6 Å². The molecule has 16 heavy (non-hydrogen) atoms. The van der Waals surface area contributed by atoms with Crippen molar-refractivity contribution in [2.75, 3.05) is 6.61 Å². The van der Waals surface area contributed by atoms with Gasteiger partial charge in [0.15, 0.2) is 0 Å². The number of nitrogens with one attached hydrogen (secondary N) is 1. The van der Waals surface area contributed by atoms with Gasteiger partial charge in [0, 0.05) is 6.04 Å². The van der Waals surface area contributed by atoms with Crippen LogP contribution in [0.3, 0.4) is 0 Å². The zero-order valence-electron chi connectivity index (χ0n) is 10.8. The zero-order valence-corrected chi connectivity index (χ0v) is 10.8. The number of alkyl carbamates (subject to hydrolysis) is 1. The zero-order chi connectivity index (χ0) is 12.9. The Morgan fingerprint density at radius 1 is 1.44 bits per heavy atom. The van der Waals surface area contributed by atoms with Gasteiger partial charge in [0.25, 0.3) is 0 Å². The number of rotatable bonds is 4. The molecule has 0 saturated heterocycles. The van der Waals surface area contributed by atoms with Crippen LogP contribution in [0.5, 0.6) is 0 Å². The average molecular weight is 232 g/mol. The van der Waals surface area contributed by atoms with Gasteiger partial charge in [-0.1, -0.05) is 13.8 Å². The molecule has 0 aliphatic heterocycles. The Labute approximate surface area is 97.3 Å². The van der Waals surface area contributed by atoms with Crippen LogP contribution in [-0.2, 0) is 4.74 Å². The maximum Gasteiger partial charge on any atom is 0.407 e. The number of carbonyl (C=O) groups is 1. The lowest BCUT2D eigenvalue weighted by molar-refractivity contribution is 0.0471. The van der Waals surface area contributed by atoms with Gasteiger partial charge < -0.3 is 20.9 Å². The summed E-state index contributed by atoms with van der Waals surface area (Å²) in [4.78, 5) is 11.5. The monoisotopic (exact) mass is 232 g/mol. The van der Waals surface area contributed by atoms with E-state index in [4.69, 9.17) is 15.6 Å². The van der Waals surface area contributed by atoms with Crippen LogP contribution in [-0.4, -0.2) is 35.5 Å². The third-order valence-electron chi connectivity index (χ3n) is 2.07. The molecule has 4 N–H and O–H groups in total. The summed E-state index contributed by atoms with van der Waals surface area (Å²) < 4.78 is 5.13. The summed E-state index contributed by atoms with van der Waals surface area (Å²) in [6, 6.07) is -0.771. The molecule has 0 aliphatic rings. The van der Waals surface area contributed by atoms with Crippen molar-refractivity contribution in [1.29, 1.82) is 0 Å². The number of hydrogen-bond donors (Lipinski definition) is 3. The molecular weight excluding hydrogens is 208 g/mol. The van der Waals surface area contributed by atoms with E-state index in [1.807, 2.05) is 13.8 Å². The van der Waals surface area contributed by atoms with Crippen LogP contribution < -0.4 is 11.1 Å². The fourth-order valence-corrected chi connectivity index (χ4v) is 1.33. The number of aliphatic hydroxyl groups excluding tert-OH is 1. The summed E-state index contributed by atoms with van der Waals surface area (Å²) in [6.07, 6.45) is -0.505. The van der Waals surface area contributed by atoms with E-state index in [1.54, 1.807) is 20.8 Å². The second-order valence-corrected chi connectivity index (χ2v) is 5.26. The number of ether oxygens (including phenoxy) is 1. The van der Waals surface area contributed by atoms with Gasteiger partial charge in [0.2, 0.25) is 0 Å². The highest BCUT2D eigenvalue weighted by molar-refractivity contribution is 5.68. The molecule has 2 unspecified atom stereocenters. The molecule has 96 valence electrons. The van der Waals surface area contributed by atoms with E-state index in [-0.39, 0.29) is 18.6 Å². The van der Waals surface area contributed by atoms with Crippen LogP contribution in [0.1, 0.15) is 34.6 Å². The minimum absolute atomic E-state index is 0.134. The number of amides is 1. The van der Waals surface area contributed by atoms with Gasteiger partial charge in [-0.2, -0.15) is 0 Å². The fraction of sp³-hybridized carbons (Fsp3) is 0.909. The maximum atomic E-state index is 11.5. The van der Waals surface area contributed by atoms with Crippen LogP contribution >= 0.6 is 0 Å². The largest absolute Gasteiger partial charge is 0.444 e. The molecule has 0 aromatic rings. The molecule has 2 atom stereocenters. The molecule has 0 saturated carbocycles. The van der Waals surface area contributed by atoms with Crippen molar-refractivity contribution in [3.8, 4) is 0 Å². The molecule has 0 aromatic carbocycles. The highest BCUT2D eigenvalue weighted by atomic mass is 16.6. The van der Waals surface area contributed by atoms with E-state index in [2.05, 4.69) is 5.32 Å². The van der Waals surface area contributed by atoms with Crippen LogP contribution in [0.2, 0.25) is 0 Å².